The Kier molecular flexibility index (Phi) is 5.59. The standard InChI is InChI=1S/C16H18ClN3O2S/c17-13-3-1-2-4-14(13)23-11-16(21)19-15-5-7-18-20(15)9-12-6-8-22-10-12/h1-5,7,12H,6,8-11H2,(H,19,21)/t12-/m0/s1. The number of thioether (sulfide) groups is 1. The topological polar surface area (TPSA) is 56.2 Å². The molecule has 5 nitrogen and oxygen atoms in total. The molecule has 0 radical (unpaired) electrons. The predicted octanol–water partition coefficient (Wildman–Crippen LogP) is 3.30. The van der Waals surface area contributed by atoms with E-state index in [1.54, 1.807) is 6.20 Å². The number of ether oxygens (including phenoxy) is 1. The molecule has 1 amide bonds. The van der Waals surface area contributed by atoms with Gasteiger partial charge in [-0.2, -0.15) is 5.10 Å². The third-order valence-corrected chi connectivity index (χ3v) is 5.15. The molecule has 0 saturated carbocycles. The number of anilines is 1. The molecule has 1 aromatic carbocycles. The van der Waals surface area contributed by atoms with Gasteiger partial charge in [-0.1, -0.05) is 23.7 Å². The number of amides is 1. The molecule has 23 heavy (non-hydrogen) atoms. The lowest BCUT2D eigenvalue weighted by atomic mass is 10.1. The zero-order valence-electron chi connectivity index (χ0n) is 12.6. The first-order valence-electron chi connectivity index (χ1n) is 7.49. The van der Waals surface area contributed by atoms with Gasteiger partial charge < -0.3 is 10.1 Å². The second kappa shape index (κ2) is 7.86. The van der Waals surface area contributed by atoms with Gasteiger partial charge in [-0.25, -0.2) is 4.68 Å². The molecular formula is C16H18ClN3O2S. The van der Waals surface area contributed by atoms with Crippen LogP contribution in [0.3, 0.4) is 0 Å². The molecule has 0 unspecified atom stereocenters. The van der Waals surface area contributed by atoms with Gasteiger partial charge in [0, 0.05) is 30.0 Å². The Morgan fingerprint density at radius 2 is 2.30 bits per heavy atom. The van der Waals surface area contributed by atoms with Crippen molar-refractivity contribution < 1.29 is 9.53 Å². The Bertz CT molecular complexity index is 671. The van der Waals surface area contributed by atoms with E-state index in [4.69, 9.17) is 16.3 Å². The van der Waals surface area contributed by atoms with Gasteiger partial charge in [0.05, 0.1) is 23.6 Å². The summed E-state index contributed by atoms with van der Waals surface area (Å²) in [7, 11) is 0. The van der Waals surface area contributed by atoms with E-state index in [1.165, 1.54) is 11.8 Å². The van der Waals surface area contributed by atoms with Crippen molar-refractivity contribution in [1.82, 2.24) is 9.78 Å². The van der Waals surface area contributed by atoms with E-state index in [1.807, 2.05) is 35.0 Å². The number of carbonyl (C=O) groups excluding carboxylic acids is 1. The maximum atomic E-state index is 12.1. The van der Waals surface area contributed by atoms with Crippen LogP contribution in [0.4, 0.5) is 5.82 Å². The van der Waals surface area contributed by atoms with Crippen LogP contribution in [0.15, 0.2) is 41.4 Å². The molecule has 0 bridgehead atoms. The van der Waals surface area contributed by atoms with Crippen molar-refractivity contribution in [2.45, 2.75) is 17.9 Å². The van der Waals surface area contributed by atoms with Crippen LogP contribution in [-0.4, -0.2) is 34.7 Å². The van der Waals surface area contributed by atoms with Crippen LogP contribution in [0.1, 0.15) is 6.42 Å². The normalized spacial score (nSPS) is 17.3. The summed E-state index contributed by atoms with van der Waals surface area (Å²) in [6.45, 7) is 2.33. The monoisotopic (exact) mass is 351 g/mol. The molecule has 1 atom stereocenters. The van der Waals surface area contributed by atoms with E-state index in [0.717, 1.165) is 36.9 Å². The smallest absolute Gasteiger partial charge is 0.235 e. The van der Waals surface area contributed by atoms with E-state index in [0.29, 0.717) is 16.7 Å². The van der Waals surface area contributed by atoms with Crippen LogP contribution in [0.25, 0.3) is 0 Å². The number of carbonyl (C=O) groups is 1. The molecule has 1 aliphatic heterocycles. The molecule has 1 fully saturated rings. The third-order valence-electron chi connectivity index (χ3n) is 3.63. The number of rotatable bonds is 6. The van der Waals surface area contributed by atoms with Crippen molar-refractivity contribution in [1.29, 1.82) is 0 Å². The molecular weight excluding hydrogens is 334 g/mol. The summed E-state index contributed by atoms with van der Waals surface area (Å²) in [6.07, 6.45) is 2.74. The van der Waals surface area contributed by atoms with Gasteiger partial charge in [-0.05, 0) is 18.6 Å². The number of nitrogens with zero attached hydrogens (tertiary/aromatic N) is 2. The van der Waals surface area contributed by atoms with E-state index >= 15 is 0 Å². The van der Waals surface area contributed by atoms with Crippen molar-refractivity contribution in [3.05, 3.63) is 41.6 Å². The molecule has 7 heteroatoms. The van der Waals surface area contributed by atoms with Crippen LogP contribution in [0.5, 0.6) is 0 Å². The Balaban J connectivity index is 1.54. The molecule has 3 rings (SSSR count). The SMILES string of the molecule is O=C(CSc1ccccc1Cl)Nc1ccnn1C[C@@H]1CCOC1. The van der Waals surface area contributed by atoms with Gasteiger partial charge in [-0.15, -0.1) is 11.8 Å². The van der Waals surface area contributed by atoms with Crippen LogP contribution < -0.4 is 5.32 Å². The molecule has 1 aromatic heterocycles. The minimum Gasteiger partial charge on any atom is -0.381 e. The number of hydrogen-bond acceptors (Lipinski definition) is 4. The maximum Gasteiger partial charge on any atom is 0.235 e. The fourth-order valence-electron chi connectivity index (χ4n) is 2.44. The molecule has 2 aromatic rings. The summed E-state index contributed by atoms with van der Waals surface area (Å²) in [5.74, 6) is 1.42. The molecule has 0 aliphatic carbocycles. The van der Waals surface area contributed by atoms with E-state index in [-0.39, 0.29) is 5.91 Å². The predicted molar refractivity (Wildman–Crippen MR) is 92.0 cm³/mol. The summed E-state index contributed by atoms with van der Waals surface area (Å²) in [6, 6.07) is 9.32. The Morgan fingerprint density at radius 1 is 1.43 bits per heavy atom. The van der Waals surface area contributed by atoms with E-state index in [9.17, 15) is 4.79 Å². The lowest BCUT2D eigenvalue weighted by Gasteiger charge is -2.12. The molecule has 122 valence electrons. The largest absolute Gasteiger partial charge is 0.381 e. The zero-order chi connectivity index (χ0) is 16.1. The lowest BCUT2D eigenvalue weighted by Crippen LogP contribution is -2.20. The van der Waals surface area contributed by atoms with Crippen molar-refractivity contribution in [3.8, 4) is 0 Å². The minimum atomic E-state index is -0.0701. The second-order valence-electron chi connectivity index (χ2n) is 5.40. The van der Waals surface area contributed by atoms with Crippen molar-refractivity contribution in [3.63, 3.8) is 0 Å². The Labute approximate surface area is 144 Å². The quantitative estimate of drug-likeness (QED) is 0.811. The Hall–Kier alpha value is -1.50. The van der Waals surface area contributed by atoms with Gasteiger partial charge in [-0.3, -0.25) is 4.79 Å². The van der Waals surface area contributed by atoms with Gasteiger partial charge >= 0.3 is 0 Å². The summed E-state index contributed by atoms with van der Waals surface area (Å²) in [5.41, 5.74) is 0. The first-order valence-corrected chi connectivity index (χ1v) is 8.85. The average molecular weight is 352 g/mol. The summed E-state index contributed by atoms with van der Waals surface area (Å²) in [5, 5.41) is 7.86. The summed E-state index contributed by atoms with van der Waals surface area (Å²) < 4.78 is 7.21. The van der Waals surface area contributed by atoms with Gasteiger partial charge in [0.25, 0.3) is 0 Å². The average Bonchev–Trinajstić information content (AvgIpc) is 3.20. The van der Waals surface area contributed by atoms with Crippen LogP contribution >= 0.6 is 23.4 Å². The highest BCUT2D eigenvalue weighted by Crippen LogP contribution is 2.26. The number of halogens is 1. The molecule has 1 saturated heterocycles. The number of nitrogens with one attached hydrogen (secondary N) is 1. The molecule has 1 aliphatic rings. The second-order valence-corrected chi connectivity index (χ2v) is 6.82. The zero-order valence-corrected chi connectivity index (χ0v) is 14.1. The van der Waals surface area contributed by atoms with Crippen LogP contribution in [-0.2, 0) is 16.1 Å². The fraction of sp³-hybridized carbons (Fsp3) is 0.375. The Morgan fingerprint density at radius 3 is 3.09 bits per heavy atom. The molecule has 0 spiro atoms. The highest BCUT2D eigenvalue weighted by Gasteiger charge is 2.18. The highest BCUT2D eigenvalue weighted by atomic mass is 35.5. The van der Waals surface area contributed by atoms with Crippen molar-refractivity contribution in [2.75, 3.05) is 24.3 Å². The van der Waals surface area contributed by atoms with Gasteiger partial charge in [0.1, 0.15) is 5.82 Å². The first-order chi connectivity index (χ1) is 11.2. The minimum absolute atomic E-state index is 0.0701. The van der Waals surface area contributed by atoms with E-state index in [2.05, 4.69) is 10.4 Å². The third kappa shape index (κ3) is 4.50. The number of aromatic nitrogens is 2. The van der Waals surface area contributed by atoms with Gasteiger partial charge in [0.2, 0.25) is 5.91 Å². The van der Waals surface area contributed by atoms with Crippen LogP contribution in [0.2, 0.25) is 5.02 Å². The maximum absolute atomic E-state index is 12.1. The van der Waals surface area contributed by atoms with E-state index < -0.39 is 0 Å². The lowest BCUT2D eigenvalue weighted by molar-refractivity contribution is -0.113. The van der Waals surface area contributed by atoms with Crippen molar-refractivity contribution >= 4 is 35.1 Å². The number of hydrogen-bond donors (Lipinski definition) is 1. The number of benzene rings is 1. The van der Waals surface area contributed by atoms with Crippen LogP contribution in [0, 0.1) is 5.92 Å². The summed E-state index contributed by atoms with van der Waals surface area (Å²) >= 11 is 7.51. The summed E-state index contributed by atoms with van der Waals surface area (Å²) in [4.78, 5) is 13.0. The molecule has 1 N–H and O–H groups in total. The first kappa shape index (κ1) is 16.4. The highest BCUT2D eigenvalue weighted by molar-refractivity contribution is 8.00. The van der Waals surface area contributed by atoms with Crippen molar-refractivity contribution in [2.24, 2.45) is 5.92 Å². The van der Waals surface area contributed by atoms with Gasteiger partial charge in [0.15, 0.2) is 0 Å². The fourth-order valence-corrected chi connectivity index (χ4v) is 3.48. The molecule has 2 heterocycles.